The predicted octanol–water partition coefficient (Wildman–Crippen LogP) is 4.20. The Bertz CT molecular complexity index is 366. The molecule has 0 fully saturated rings. The molecule has 1 atom stereocenters. The summed E-state index contributed by atoms with van der Waals surface area (Å²) in [6.45, 7) is 8.29. The van der Waals surface area contributed by atoms with E-state index in [9.17, 15) is 0 Å². The van der Waals surface area contributed by atoms with Gasteiger partial charge in [0.25, 0.3) is 0 Å². The van der Waals surface area contributed by atoms with Gasteiger partial charge in [0.2, 0.25) is 0 Å². The number of nitrogens with two attached hydrogens (primary N) is 1. The maximum Gasteiger partial charge on any atom is 0.0471 e. The molecule has 0 aliphatic heterocycles. The van der Waals surface area contributed by atoms with Gasteiger partial charge in [-0.15, -0.1) is 0 Å². The van der Waals surface area contributed by atoms with Gasteiger partial charge in [-0.1, -0.05) is 37.9 Å². The first kappa shape index (κ1) is 15.3. The Morgan fingerprint density at radius 1 is 1.33 bits per heavy atom. The fraction of sp³-hybridized carbons (Fsp3) is 0.600. The molecule has 1 unspecified atom stereocenters. The van der Waals surface area contributed by atoms with E-state index in [0.29, 0.717) is 12.6 Å². The molecule has 0 aromatic heterocycles. The van der Waals surface area contributed by atoms with Gasteiger partial charge in [0.05, 0.1) is 0 Å². The van der Waals surface area contributed by atoms with Crippen molar-refractivity contribution in [1.29, 1.82) is 0 Å². The average molecular weight is 269 g/mol. The van der Waals surface area contributed by atoms with Gasteiger partial charge in [0.15, 0.2) is 0 Å². The lowest BCUT2D eigenvalue weighted by Crippen LogP contribution is -2.33. The van der Waals surface area contributed by atoms with E-state index in [1.54, 1.807) is 0 Å². The summed E-state index contributed by atoms with van der Waals surface area (Å²) in [6.07, 6.45) is 3.56. The summed E-state index contributed by atoms with van der Waals surface area (Å²) >= 11 is 6.25. The number of hydrogen-bond acceptors (Lipinski definition) is 2. The second-order valence-electron chi connectivity index (χ2n) is 4.78. The summed E-state index contributed by atoms with van der Waals surface area (Å²) in [5.41, 5.74) is 7.87. The molecule has 0 radical (unpaired) electrons. The fourth-order valence-corrected chi connectivity index (χ4v) is 2.29. The van der Waals surface area contributed by atoms with Crippen LogP contribution in [-0.2, 0) is 6.54 Å². The lowest BCUT2D eigenvalue weighted by atomic mass is 10.1. The van der Waals surface area contributed by atoms with Crippen LogP contribution in [0, 0.1) is 0 Å². The molecule has 1 aromatic rings. The summed E-state index contributed by atoms with van der Waals surface area (Å²) in [6, 6.07) is 6.76. The maximum absolute atomic E-state index is 6.25. The van der Waals surface area contributed by atoms with Gasteiger partial charge >= 0.3 is 0 Å². The van der Waals surface area contributed by atoms with Crippen LogP contribution in [0.25, 0.3) is 0 Å². The third-order valence-corrected chi connectivity index (χ3v) is 3.82. The normalized spacial score (nSPS) is 12.5. The van der Waals surface area contributed by atoms with Crippen molar-refractivity contribution < 1.29 is 0 Å². The molecule has 0 heterocycles. The van der Waals surface area contributed by atoms with E-state index in [0.717, 1.165) is 23.6 Å². The van der Waals surface area contributed by atoms with Crippen molar-refractivity contribution in [3.8, 4) is 0 Å². The van der Waals surface area contributed by atoms with Crippen LogP contribution < -0.4 is 10.6 Å². The Morgan fingerprint density at radius 3 is 2.56 bits per heavy atom. The molecule has 102 valence electrons. The smallest absolute Gasteiger partial charge is 0.0471 e. The monoisotopic (exact) mass is 268 g/mol. The third kappa shape index (κ3) is 3.89. The van der Waals surface area contributed by atoms with E-state index in [1.165, 1.54) is 18.5 Å². The van der Waals surface area contributed by atoms with Crippen LogP contribution >= 0.6 is 11.6 Å². The molecule has 0 saturated heterocycles. The van der Waals surface area contributed by atoms with Gasteiger partial charge in [0, 0.05) is 29.8 Å². The Hall–Kier alpha value is -0.730. The first-order valence-electron chi connectivity index (χ1n) is 6.89. The summed E-state index contributed by atoms with van der Waals surface area (Å²) in [7, 11) is 0. The molecular weight excluding hydrogens is 244 g/mol. The van der Waals surface area contributed by atoms with Crippen molar-refractivity contribution in [2.75, 3.05) is 11.4 Å². The molecule has 0 aliphatic carbocycles. The van der Waals surface area contributed by atoms with Crippen LogP contribution in [0.2, 0.25) is 5.02 Å². The van der Waals surface area contributed by atoms with Gasteiger partial charge in [-0.05, 0) is 37.5 Å². The molecule has 2 nitrogen and oxygen atoms in total. The maximum atomic E-state index is 6.25. The number of halogens is 1. The van der Waals surface area contributed by atoms with E-state index < -0.39 is 0 Å². The van der Waals surface area contributed by atoms with Crippen molar-refractivity contribution in [2.45, 2.75) is 52.6 Å². The fourth-order valence-electron chi connectivity index (χ4n) is 2.03. The SMILES string of the molecule is CCCCN(c1ccc(CN)c(Cl)c1)C(C)CC. The quantitative estimate of drug-likeness (QED) is 0.803. The largest absolute Gasteiger partial charge is 0.369 e. The number of rotatable bonds is 7. The second kappa shape index (κ2) is 7.65. The van der Waals surface area contributed by atoms with Crippen LogP contribution in [0.1, 0.15) is 45.6 Å². The van der Waals surface area contributed by atoms with Crippen molar-refractivity contribution in [2.24, 2.45) is 5.73 Å². The van der Waals surface area contributed by atoms with Gasteiger partial charge in [-0.3, -0.25) is 0 Å². The van der Waals surface area contributed by atoms with Gasteiger partial charge < -0.3 is 10.6 Å². The minimum atomic E-state index is 0.497. The molecule has 2 N–H and O–H groups in total. The average Bonchev–Trinajstić information content (AvgIpc) is 2.39. The van der Waals surface area contributed by atoms with E-state index in [4.69, 9.17) is 17.3 Å². The zero-order valence-corrected chi connectivity index (χ0v) is 12.5. The first-order valence-corrected chi connectivity index (χ1v) is 7.26. The Balaban J connectivity index is 2.93. The highest BCUT2D eigenvalue weighted by Gasteiger charge is 2.13. The summed E-state index contributed by atoms with van der Waals surface area (Å²) in [4.78, 5) is 2.44. The van der Waals surface area contributed by atoms with E-state index in [2.05, 4.69) is 31.7 Å². The zero-order chi connectivity index (χ0) is 13.5. The van der Waals surface area contributed by atoms with Crippen LogP contribution in [0.15, 0.2) is 18.2 Å². The number of unbranched alkanes of at least 4 members (excludes halogenated alkanes) is 1. The second-order valence-corrected chi connectivity index (χ2v) is 5.19. The van der Waals surface area contributed by atoms with Crippen LogP contribution in [-0.4, -0.2) is 12.6 Å². The summed E-state index contributed by atoms with van der Waals surface area (Å²) in [5, 5.41) is 0.778. The Kier molecular flexibility index (Phi) is 6.51. The van der Waals surface area contributed by atoms with Crippen molar-refractivity contribution in [1.82, 2.24) is 0 Å². The van der Waals surface area contributed by atoms with Gasteiger partial charge in [0.1, 0.15) is 0 Å². The first-order chi connectivity index (χ1) is 8.63. The number of nitrogens with zero attached hydrogens (tertiary/aromatic N) is 1. The molecule has 1 aromatic carbocycles. The lowest BCUT2D eigenvalue weighted by molar-refractivity contribution is 0.596. The molecule has 0 aliphatic rings. The molecule has 18 heavy (non-hydrogen) atoms. The lowest BCUT2D eigenvalue weighted by Gasteiger charge is -2.31. The van der Waals surface area contributed by atoms with Crippen molar-refractivity contribution in [3.05, 3.63) is 28.8 Å². The summed E-state index contributed by atoms with van der Waals surface area (Å²) < 4.78 is 0. The third-order valence-electron chi connectivity index (χ3n) is 3.46. The van der Waals surface area contributed by atoms with Gasteiger partial charge in [-0.25, -0.2) is 0 Å². The van der Waals surface area contributed by atoms with Crippen LogP contribution in [0.4, 0.5) is 5.69 Å². The standard InChI is InChI=1S/C15H25ClN2/c1-4-6-9-18(12(3)5-2)14-8-7-13(11-17)15(16)10-14/h7-8,10,12H,4-6,9,11,17H2,1-3H3. The Labute approximate surface area is 116 Å². The van der Waals surface area contributed by atoms with Crippen molar-refractivity contribution in [3.63, 3.8) is 0 Å². The molecule has 0 saturated carbocycles. The van der Waals surface area contributed by atoms with Crippen molar-refractivity contribution >= 4 is 17.3 Å². The highest BCUT2D eigenvalue weighted by Crippen LogP contribution is 2.26. The molecule has 3 heteroatoms. The summed E-state index contributed by atoms with van der Waals surface area (Å²) in [5.74, 6) is 0. The van der Waals surface area contributed by atoms with E-state index in [1.807, 2.05) is 12.1 Å². The van der Waals surface area contributed by atoms with E-state index >= 15 is 0 Å². The molecule has 1 rings (SSSR count). The Morgan fingerprint density at radius 2 is 2.06 bits per heavy atom. The minimum absolute atomic E-state index is 0.497. The molecule has 0 amide bonds. The minimum Gasteiger partial charge on any atom is -0.369 e. The highest BCUT2D eigenvalue weighted by molar-refractivity contribution is 6.31. The molecule has 0 spiro atoms. The van der Waals surface area contributed by atoms with Crippen LogP contribution in [0.3, 0.4) is 0 Å². The zero-order valence-electron chi connectivity index (χ0n) is 11.7. The molecule has 0 bridgehead atoms. The molecular formula is C15H25ClN2. The highest BCUT2D eigenvalue weighted by atomic mass is 35.5. The number of anilines is 1. The van der Waals surface area contributed by atoms with E-state index in [-0.39, 0.29) is 0 Å². The number of benzene rings is 1. The predicted molar refractivity (Wildman–Crippen MR) is 81.4 cm³/mol. The number of hydrogen-bond donors (Lipinski definition) is 1. The topological polar surface area (TPSA) is 29.3 Å². The van der Waals surface area contributed by atoms with Crippen LogP contribution in [0.5, 0.6) is 0 Å². The van der Waals surface area contributed by atoms with Gasteiger partial charge in [-0.2, -0.15) is 0 Å².